The SMILES string of the molecule is CC#CCOc1c(Cl)cccc1CNC(C)C. The maximum atomic E-state index is 6.12. The van der Waals surface area contributed by atoms with E-state index in [1.54, 1.807) is 6.92 Å². The van der Waals surface area contributed by atoms with Gasteiger partial charge in [0, 0.05) is 18.2 Å². The van der Waals surface area contributed by atoms with E-state index >= 15 is 0 Å². The van der Waals surface area contributed by atoms with E-state index in [9.17, 15) is 0 Å². The third-order valence-electron chi connectivity index (χ3n) is 2.21. The highest BCUT2D eigenvalue weighted by molar-refractivity contribution is 6.32. The first-order chi connectivity index (χ1) is 8.15. The van der Waals surface area contributed by atoms with Crippen molar-refractivity contribution >= 4 is 11.6 Å². The predicted molar refractivity (Wildman–Crippen MR) is 72.4 cm³/mol. The number of halogens is 1. The molecule has 0 saturated heterocycles. The molecule has 0 aromatic heterocycles. The van der Waals surface area contributed by atoms with Gasteiger partial charge < -0.3 is 10.1 Å². The Morgan fingerprint density at radius 3 is 2.82 bits per heavy atom. The molecule has 0 heterocycles. The highest BCUT2D eigenvalue weighted by atomic mass is 35.5. The van der Waals surface area contributed by atoms with Crippen LogP contribution in [0.2, 0.25) is 5.02 Å². The molecule has 1 aromatic rings. The number of hydrogen-bond donors (Lipinski definition) is 1. The van der Waals surface area contributed by atoms with Crippen LogP contribution in [0.3, 0.4) is 0 Å². The predicted octanol–water partition coefficient (Wildman–Crippen LogP) is 3.24. The van der Waals surface area contributed by atoms with Crippen molar-refractivity contribution in [2.45, 2.75) is 33.4 Å². The summed E-state index contributed by atoms with van der Waals surface area (Å²) in [5.41, 5.74) is 1.06. The molecular formula is C14H18ClNO. The molecule has 2 nitrogen and oxygen atoms in total. The Balaban J connectivity index is 2.78. The fourth-order valence-corrected chi connectivity index (χ4v) is 1.60. The van der Waals surface area contributed by atoms with Crippen LogP contribution in [0.5, 0.6) is 5.75 Å². The second-order valence-electron chi connectivity index (χ2n) is 3.98. The Morgan fingerprint density at radius 2 is 2.18 bits per heavy atom. The molecule has 0 unspecified atom stereocenters. The molecule has 92 valence electrons. The fraction of sp³-hybridized carbons (Fsp3) is 0.429. The summed E-state index contributed by atoms with van der Waals surface area (Å²) < 4.78 is 5.60. The zero-order valence-corrected chi connectivity index (χ0v) is 11.3. The van der Waals surface area contributed by atoms with Crippen molar-refractivity contribution in [2.24, 2.45) is 0 Å². The van der Waals surface area contributed by atoms with Gasteiger partial charge in [-0.3, -0.25) is 0 Å². The summed E-state index contributed by atoms with van der Waals surface area (Å²) in [5, 5.41) is 3.98. The Hall–Kier alpha value is -1.17. The van der Waals surface area contributed by atoms with Crippen LogP contribution < -0.4 is 10.1 Å². The Morgan fingerprint density at radius 1 is 1.41 bits per heavy atom. The summed E-state index contributed by atoms with van der Waals surface area (Å²) in [7, 11) is 0. The highest BCUT2D eigenvalue weighted by Gasteiger charge is 2.08. The monoisotopic (exact) mass is 251 g/mol. The number of hydrogen-bond acceptors (Lipinski definition) is 2. The van der Waals surface area contributed by atoms with Crippen LogP contribution in [0.25, 0.3) is 0 Å². The van der Waals surface area contributed by atoms with Crippen molar-refractivity contribution in [1.82, 2.24) is 5.32 Å². The first kappa shape index (κ1) is 13.9. The van der Waals surface area contributed by atoms with E-state index in [-0.39, 0.29) is 0 Å². The third kappa shape index (κ3) is 4.68. The Bertz CT molecular complexity index is 418. The fourth-order valence-electron chi connectivity index (χ4n) is 1.35. The zero-order chi connectivity index (χ0) is 12.7. The molecule has 1 N–H and O–H groups in total. The maximum Gasteiger partial charge on any atom is 0.149 e. The van der Waals surface area contributed by atoms with Gasteiger partial charge in [0.1, 0.15) is 12.4 Å². The lowest BCUT2D eigenvalue weighted by molar-refractivity contribution is 0.364. The summed E-state index contributed by atoms with van der Waals surface area (Å²) >= 11 is 6.12. The average Bonchev–Trinajstić information content (AvgIpc) is 2.29. The molecule has 0 fully saturated rings. The quantitative estimate of drug-likeness (QED) is 0.812. The van der Waals surface area contributed by atoms with Gasteiger partial charge in [0.25, 0.3) is 0 Å². The molecule has 3 heteroatoms. The maximum absolute atomic E-state index is 6.12. The lowest BCUT2D eigenvalue weighted by Crippen LogP contribution is -2.22. The summed E-state index contributed by atoms with van der Waals surface area (Å²) in [6.45, 7) is 7.11. The van der Waals surface area contributed by atoms with Crippen LogP contribution in [-0.4, -0.2) is 12.6 Å². The van der Waals surface area contributed by atoms with Crippen molar-refractivity contribution in [3.63, 3.8) is 0 Å². The molecule has 0 spiro atoms. The number of rotatable bonds is 5. The van der Waals surface area contributed by atoms with Crippen molar-refractivity contribution in [1.29, 1.82) is 0 Å². The van der Waals surface area contributed by atoms with Crippen LogP contribution in [0.1, 0.15) is 26.3 Å². The molecule has 0 amide bonds. The largest absolute Gasteiger partial charge is 0.479 e. The number of para-hydroxylation sites is 1. The molecule has 0 radical (unpaired) electrons. The molecule has 0 aliphatic heterocycles. The first-order valence-electron chi connectivity index (χ1n) is 5.68. The van der Waals surface area contributed by atoms with E-state index in [1.165, 1.54) is 0 Å². The summed E-state index contributed by atoms with van der Waals surface area (Å²) in [6, 6.07) is 6.20. The molecule has 1 rings (SSSR count). The van der Waals surface area contributed by atoms with E-state index in [2.05, 4.69) is 31.0 Å². The van der Waals surface area contributed by atoms with Crippen molar-refractivity contribution in [3.05, 3.63) is 28.8 Å². The average molecular weight is 252 g/mol. The summed E-state index contributed by atoms with van der Waals surface area (Å²) in [5.74, 6) is 6.39. The van der Waals surface area contributed by atoms with E-state index in [1.807, 2.05) is 18.2 Å². The van der Waals surface area contributed by atoms with Gasteiger partial charge in [0.15, 0.2) is 0 Å². The molecule has 17 heavy (non-hydrogen) atoms. The van der Waals surface area contributed by atoms with Crippen LogP contribution >= 0.6 is 11.6 Å². The van der Waals surface area contributed by atoms with Crippen LogP contribution in [-0.2, 0) is 6.54 Å². The third-order valence-corrected chi connectivity index (χ3v) is 2.51. The van der Waals surface area contributed by atoms with Gasteiger partial charge in [-0.1, -0.05) is 43.5 Å². The molecule has 0 bridgehead atoms. The lowest BCUT2D eigenvalue weighted by atomic mass is 10.2. The molecule has 0 saturated carbocycles. The van der Waals surface area contributed by atoms with Gasteiger partial charge in [-0.25, -0.2) is 0 Å². The normalized spacial score (nSPS) is 9.94. The number of ether oxygens (including phenoxy) is 1. The van der Waals surface area contributed by atoms with E-state index in [4.69, 9.17) is 16.3 Å². The zero-order valence-electron chi connectivity index (χ0n) is 10.5. The van der Waals surface area contributed by atoms with Gasteiger partial charge >= 0.3 is 0 Å². The lowest BCUT2D eigenvalue weighted by Gasteiger charge is -2.13. The van der Waals surface area contributed by atoms with Gasteiger partial charge in [-0.2, -0.15) is 0 Å². The van der Waals surface area contributed by atoms with E-state index in [0.717, 1.165) is 17.9 Å². The van der Waals surface area contributed by atoms with Crippen LogP contribution in [0.15, 0.2) is 18.2 Å². The summed E-state index contributed by atoms with van der Waals surface area (Å²) in [4.78, 5) is 0. The number of nitrogens with one attached hydrogen (secondary N) is 1. The minimum absolute atomic E-state index is 0.370. The second kappa shape index (κ2) is 7.21. The van der Waals surface area contributed by atoms with Crippen LogP contribution in [0.4, 0.5) is 0 Å². The van der Waals surface area contributed by atoms with Gasteiger partial charge in [-0.05, 0) is 13.0 Å². The highest BCUT2D eigenvalue weighted by Crippen LogP contribution is 2.28. The minimum atomic E-state index is 0.370. The standard InChI is InChI=1S/C14H18ClNO/c1-4-5-9-17-14-12(10-16-11(2)3)7-6-8-13(14)15/h6-8,11,16H,9-10H2,1-3H3. The second-order valence-corrected chi connectivity index (χ2v) is 4.39. The van der Waals surface area contributed by atoms with Crippen LogP contribution in [0, 0.1) is 11.8 Å². The van der Waals surface area contributed by atoms with Gasteiger partial charge in [-0.15, -0.1) is 5.92 Å². The Kier molecular flexibility index (Phi) is 5.90. The van der Waals surface area contributed by atoms with Gasteiger partial charge in [0.2, 0.25) is 0 Å². The molecule has 0 atom stereocenters. The van der Waals surface area contributed by atoms with Crippen molar-refractivity contribution < 1.29 is 4.74 Å². The molecule has 1 aromatic carbocycles. The summed E-state index contributed by atoms with van der Waals surface area (Å²) in [6.07, 6.45) is 0. The molecular weight excluding hydrogens is 234 g/mol. The molecule has 0 aliphatic carbocycles. The minimum Gasteiger partial charge on any atom is -0.479 e. The molecule has 0 aliphatic rings. The number of benzene rings is 1. The van der Waals surface area contributed by atoms with E-state index in [0.29, 0.717) is 17.7 Å². The topological polar surface area (TPSA) is 21.3 Å². The van der Waals surface area contributed by atoms with Crippen molar-refractivity contribution in [3.8, 4) is 17.6 Å². The smallest absolute Gasteiger partial charge is 0.149 e. The van der Waals surface area contributed by atoms with Crippen molar-refractivity contribution in [2.75, 3.05) is 6.61 Å². The Labute approximate surface area is 108 Å². The van der Waals surface area contributed by atoms with Gasteiger partial charge in [0.05, 0.1) is 5.02 Å². The van der Waals surface area contributed by atoms with E-state index < -0.39 is 0 Å². The first-order valence-corrected chi connectivity index (χ1v) is 6.06.